The summed E-state index contributed by atoms with van der Waals surface area (Å²) in [7, 11) is 1.47. The van der Waals surface area contributed by atoms with Crippen molar-refractivity contribution in [1.82, 2.24) is 4.57 Å². The summed E-state index contributed by atoms with van der Waals surface area (Å²) in [5, 5.41) is 10.00. The Hall–Kier alpha value is -4.43. The molecule has 0 radical (unpaired) electrons. The van der Waals surface area contributed by atoms with E-state index in [1.807, 2.05) is 54.6 Å². The number of aromatic nitrogens is 1. The molecule has 0 aliphatic carbocycles. The van der Waals surface area contributed by atoms with E-state index in [4.69, 9.17) is 14.5 Å². The maximum absolute atomic E-state index is 14.0. The first-order valence-electron chi connectivity index (χ1n) is 13.1. The van der Waals surface area contributed by atoms with Gasteiger partial charge in [-0.3, -0.25) is 9.36 Å². The molecule has 7 nitrogen and oxygen atoms in total. The topological polar surface area (TPSA) is 90.1 Å². The Morgan fingerprint density at radius 3 is 2.48 bits per heavy atom. The lowest BCUT2D eigenvalue weighted by atomic mass is 9.91. The molecule has 0 saturated heterocycles. The first kappa shape index (κ1) is 27.1. The maximum atomic E-state index is 14.0. The van der Waals surface area contributed by atoms with Crippen LogP contribution < -0.4 is 19.6 Å². The van der Waals surface area contributed by atoms with Crippen LogP contribution in [0, 0.1) is 0 Å². The summed E-state index contributed by atoms with van der Waals surface area (Å²) in [5.41, 5.74) is 3.91. The molecule has 3 aromatic carbocycles. The van der Waals surface area contributed by atoms with Gasteiger partial charge in [0.25, 0.3) is 5.56 Å². The van der Waals surface area contributed by atoms with Gasteiger partial charge in [-0.1, -0.05) is 85.8 Å². The number of esters is 1. The minimum absolute atomic E-state index is 0.0116. The van der Waals surface area contributed by atoms with Gasteiger partial charge in [-0.05, 0) is 47.7 Å². The van der Waals surface area contributed by atoms with Gasteiger partial charge in [0.1, 0.15) is 0 Å². The van der Waals surface area contributed by atoms with Gasteiger partial charge in [-0.2, -0.15) is 0 Å². The molecule has 0 saturated carbocycles. The van der Waals surface area contributed by atoms with Gasteiger partial charge in [0.15, 0.2) is 16.3 Å². The number of rotatable bonds is 7. The molecule has 0 fully saturated rings. The van der Waals surface area contributed by atoms with Gasteiger partial charge >= 0.3 is 5.97 Å². The fraction of sp³-hybridized carbons (Fsp3) is 0.219. The van der Waals surface area contributed by atoms with Crippen molar-refractivity contribution < 1.29 is 19.4 Å². The highest BCUT2D eigenvalue weighted by Gasteiger charge is 2.35. The maximum Gasteiger partial charge on any atom is 0.338 e. The van der Waals surface area contributed by atoms with E-state index in [9.17, 15) is 14.7 Å². The third kappa shape index (κ3) is 5.10. The number of ether oxygens (including phenoxy) is 2. The zero-order chi connectivity index (χ0) is 28.4. The Kier molecular flexibility index (Phi) is 7.71. The number of methoxy groups -OCH3 is 1. The normalized spacial score (nSPS) is 15.1. The minimum atomic E-state index is -0.733. The molecule has 0 spiro atoms. The van der Waals surface area contributed by atoms with Crippen LogP contribution in [0.4, 0.5) is 0 Å². The Balaban J connectivity index is 1.80. The summed E-state index contributed by atoms with van der Waals surface area (Å²) in [4.78, 5) is 32.9. The largest absolute Gasteiger partial charge is 0.504 e. The number of phenolic OH excluding ortho intramolecular Hbond substituents is 1. The van der Waals surface area contributed by atoms with Crippen molar-refractivity contribution in [1.29, 1.82) is 0 Å². The molecule has 1 aliphatic rings. The van der Waals surface area contributed by atoms with Crippen LogP contribution in [0.1, 0.15) is 55.0 Å². The van der Waals surface area contributed by atoms with E-state index in [1.54, 1.807) is 29.7 Å². The third-order valence-electron chi connectivity index (χ3n) is 6.79. The molecular formula is C32H30N2O5S. The molecule has 0 bridgehead atoms. The Labute approximate surface area is 236 Å². The second kappa shape index (κ2) is 11.4. The summed E-state index contributed by atoms with van der Waals surface area (Å²) in [6.45, 7) is 6.19. The number of nitrogens with zero attached hydrogens (tertiary/aromatic N) is 2. The van der Waals surface area contributed by atoms with E-state index in [0.717, 1.165) is 16.7 Å². The zero-order valence-corrected chi connectivity index (χ0v) is 23.6. The number of aromatic hydroxyl groups is 1. The van der Waals surface area contributed by atoms with Crippen LogP contribution in [0.15, 0.2) is 88.2 Å². The summed E-state index contributed by atoms with van der Waals surface area (Å²) in [6.07, 6.45) is 1.74. The number of hydrogen-bond acceptors (Lipinski definition) is 7. The summed E-state index contributed by atoms with van der Waals surface area (Å²) >= 11 is 1.25. The van der Waals surface area contributed by atoms with Crippen LogP contribution in [0.2, 0.25) is 0 Å². The summed E-state index contributed by atoms with van der Waals surface area (Å²) in [6, 6.07) is 21.6. The number of thiazole rings is 1. The number of phenols is 1. The van der Waals surface area contributed by atoms with Crippen LogP contribution in [0.5, 0.6) is 11.5 Å². The number of carbonyl (C=O) groups is 1. The Morgan fingerprint density at radius 1 is 1.10 bits per heavy atom. The van der Waals surface area contributed by atoms with Gasteiger partial charge in [-0.15, -0.1) is 0 Å². The van der Waals surface area contributed by atoms with Crippen LogP contribution in [-0.4, -0.2) is 29.4 Å². The van der Waals surface area contributed by atoms with Crippen LogP contribution >= 0.6 is 11.3 Å². The van der Waals surface area contributed by atoms with E-state index in [2.05, 4.69) is 13.8 Å². The highest BCUT2D eigenvalue weighted by Crippen LogP contribution is 2.35. The lowest BCUT2D eigenvalue weighted by Gasteiger charge is -2.26. The Bertz CT molecular complexity index is 1770. The van der Waals surface area contributed by atoms with Crippen LogP contribution in [0.3, 0.4) is 0 Å². The van der Waals surface area contributed by atoms with Crippen molar-refractivity contribution >= 4 is 29.1 Å². The second-order valence-electron chi connectivity index (χ2n) is 9.68. The smallest absolute Gasteiger partial charge is 0.338 e. The quantitative estimate of drug-likeness (QED) is 0.333. The van der Waals surface area contributed by atoms with Crippen LogP contribution in [-0.2, 0) is 9.53 Å². The number of hydrogen-bond donors (Lipinski definition) is 1. The van der Waals surface area contributed by atoms with Gasteiger partial charge < -0.3 is 14.6 Å². The van der Waals surface area contributed by atoms with E-state index in [1.165, 1.54) is 24.5 Å². The van der Waals surface area contributed by atoms with E-state index in [0.29, 0.717) is 37.8 Å². The van der Waals surface area contributed by atoms with Crippen molar-refractivity contribution in [2.45, 2.75) is 32.7 Å². The molecular weight excluding hydrogens is 524 g/mol. The van der Waals surface area contributed by atoms with Crippen molar-refractivity contribution in [3.05, 3.63) is 120 Å². The fourth-order valence-corrected chi connectivity index (χ4v) is 5.76. The highest BCUT2D eigenvalue weighted by atomic mass is 32.1. The van der Waals surface area contributed by atoms with Crippen molar-refractivity contribution in [3.8, 4) is 11.5 Å². The van der Waals surface area contributed by atoms with Gasteiger partial charge in [0.2, 0.25) is 0 Å². The molecule has 4 aromatic rings. The number of benzene rings is 3. The predicted octanol–water partition coefficient (Wildman–Crippen LogP) is 4.77. The van der Waals surface area contributed by atoms with Crippen molar-refractivity contribution in [2.24, 2.45) is 4.99 Å². The zero-order valence-electron chi connectivity index (χ0n) is 22.8. The van der Waals surface area contributed by atoms with E-state index >= 15 is 0 Å². The summed E-state index contributed by atoms with van der Waals surface area (Å²) in [5.74, 6) is 0.136. The monoisotopic (exact) mass is 554 g/mol. The molecule has 40 heavy (non-hydrogen) atoms. The van der Waals surface area contributed by atoms with E-state index < -0.39 is 12.0 Å². The second-order valence-corrected chi connectivity index (χ2v) is 10.7. The van der Waals surface area contributed by atoms with E-state index in [-0.39, 0.29) is 17.9 Å². The molecule has 1 aliphatic heterocycles. The minimum Gasteiger partial charge on any atom is -0.504 e. The molecule has 1 N–H and O–H groups in total. The Morgan fingerprint density at radius 2 is 1.82 bits per heavy atom. The lowest BCUT2D eigenvalue weighted by Crippen LogP contribution is -2.40. The number of carbonyl (C=O) groups excluding carboxylic acids is 1. The van der Waals surface area contributed by atoms with Gasteiger partial charge in [-0.25, -0.2) is 9.79 Å². The fourth-order valence-electron chi connectivity index (χ4n) is 4.75. The molecule has 5 rings (SSSR count). The first-order chi connectivity index (χ1) is 19.3. The van der Waals surface area contributed by atoms with Crippen LogP contribution in [0.25, 0.3) is 11.8 Å². The standard InChI is InChI=1S/C32H30N2O5S/c1-5-39-31(37)27-28(22-9-7-6-8-10-22)33-32-34(29(27)23-14-12-21(13-15-23)19(2)3)30(36)26(40-32)18-20-11-16-24(35)25(17-20)38-4/h6-19,29,35H,5H2,1-4H3/b26-18-/t29-/m1/s1. The molecule has 0 unspecified atom stereocenters. The first-order valence-corrected chi connectivity index (χ1v) is 13.9. The molecule has 204 valence electrons. The molecule has 0 amide bonds. The molecule has 1 aromatic heterocycles. The average Bonchev–Trinajstić information content (AvgIpc) is 3.28. The molecule has 1 atom stereocenters. The average molecular weight is 555 g/mol. The van der Waals surface area contributed by atoms with Gasteiger partial charge in [0.05, 0.1) is 35.6 Å². The predicted molar refractivity (Wildman–Crippen MR) is 156 cm³/mol. The summed E-state index contributed by atoms with van der Waals surface area (Å²) < 4.78 is 12.8. The molecule has 2 heterocycles. The van der Waals surface area contributed by atoms with Crippen molar-refractivity contribution in [3.63, 3.8) is 0 Å². The lowest BCUT2D eigenvalue weighted by molar-refractivity contribution is -0.138. The van der Waals surface area contributed by atoms with Gasteiger partial charge in [0, 0.05) is 5.56 Å². The molecule has 8 heteroatoms. The highest BCUT2D eigenvalue weighted by molar-refractivity contribution is 7.07. The third-order valence-corrected chi connectivity index (χ3v) is 7.78. The SMILES string of the molecule is CCOC(=O)C1=C(c2ccccc2)N=c2s/c(=C\c3ccc(O)c(OC)c3)c(=O)n2[C@@H]1c1ccc(C(C)C)cc1. The van der Waals surface area contributed by atoms with Crippen molar-refractivity contribution in [2.75, 3.05) is 13.7 Å². The number of fused-ring (bicyclic) bond motifs is 1.